The molecule has 0 fully saturated rings. The van der Waals surface area contributed by atoms with Crippen molar-refractivity contribution in [3.63, 3.8) is 0 Å². The summed E-state index contributed by atoms with van der Waals surface area (Å²) in [5.74, 6) is 0.619. The Kier molecular flexibility index (Phi) is 3.07. The average molecular weight is 222 g/mol. The van der Waals surface area contributed by atoms with Crippen molar-refractivity contribution in [2.24, 2.45) is 0 Å². The summed E-state index contributed by atoms with van der Waals surface area (Å²) in [5, 5.41) is 20.9. The monoisotopic (exact) mass is 222 g/mol. The lowest BCUT2D eigenvalue weighted by Crippen LogP contribution is -2.27. The summed E-state index contributed by atoms with van der Waals surface area (Å²) in [6.45, 7) is 1.55. The maximum atomic E-state index is 8.95. The molecule has 0 bridgehead atoms. The van der Waals surface area contributed by atoms with Gasteiger partial charge in [-0.15, -0.1) is 0 Å². The molecule has 2 rings (SSSR count). The number of aliphatic hydroxyl groups excluding tert-OH is 2. The number of aryl methyl sites for hydroxylation is 1. The molecule has 0 atom stereocenters. The minimum Gasteiger partial charge on any atom is -0.441 e. The first kappa shape index (κ1) is 10.9. The molecule has 86 valence electrons. The van der Waals surface area contributed by atoms with Gasteiger partial charge in [0.1, 0.15) is 5.52 Å². The number of nitrogens with one attached hydrogen (secondary N) is 1. The van der Waals surface area contributed by atoms with Gasteiger partial charge in [-0.2, -0.15) is 0 Å². The van der Waals surface area contributed by atoms with Crippen LogP contribution < -0.4 is 5.32 Å². The van der Waals surface area contributed by atoms with E-state index < -0.39 is 0 Å². The van der Waals surface area contributed by atoms with Crippen molar-refractivity contribution in [3.8, 4) is 0 Å². The second-order valence-corrected chi connectivity index (χ2v) is 3.62. The van der Waals surface area contributed by atoms with Crippen molar-refractivity contribution in [2.45, 2.75) is 13.0 Å². The molecule has 5 heteroatoms. The second-order valence-electron chi connectivity index (χ2n) is 3.62. The molecule has 3 N–H and O–H groups in total. The van der Waals surface area contributed by atoms with Gasteiger partial charge in [-0.25, -0.2) is 4.98 Å². The van der Waals surface area contributed by atoms with E-state index in [1.165, 1.54) is 0 Å². The first-order chi connectivity index (χ1) is 7.72. The van der Waals surface area contributed by atoms with Crippen LogP contribution in [0.1, 0.15) is 5.89 Å². The normalized spacial score (nSPS) is 11.2. The highest BCUT2D eigenvalue weighted by molar-refractivity contribution is 5.77. The number of oxazole rings is 1. The lowest BCUT2D eigenvalue weighted by molar-refractivity contribution is 0.204. The van der Waals surface area contributed by atoms with Gasteiger partial charge in [-0.1, -0.05) is 0 Å². The number of aromatic nitrogens is 1. The zero-order chi connectivity index (χ0) is 11.5. The number of hydrogen-bond donors (Lipinski definition) is 3. The van der Waals surface area contributed by atoms with Gasteiger partial charge in [-0.05, 0) is 18.2 Å². The van der Waals surface area contributed by atoms with Crippen molar-refractivity contribution in [1.29, 1.82) is 0 Å². The lowest BCUT2D eigenvalue weighted by atomic mass is 10.2. The molecule has 0 unspecified atom stereocenters. The zero-order valence-corrected chi connectivity index (χ0v) is 8.97. The van der Waals surface area contributed by atoms with Gasteiger partial charge in [-0.3, -0.25) is 0 Å². The number of nitrogens with zero attached hydrogens (tertiary/aromatic N) is 1. The Morgan fingerprint density at radius 1 is 1.38 bits per heavy atom. The van der Waals surface area contributed by atoms with E-state index in [4.69, 9.17) is 14.6 Å². The van der Waals surface area contributed by atoms with Crippen molar-refractivity contribution in [2.75, 3.05) is 18.5 Å². The van der Waals surface area contributed by atoms with E-state index in [1.54, 1.807) is 6.92 Å². The smallest absolute Gasteiger partial charge is 0.192 e. The van der Waals surface area contributed by atoms with E-state index >= 15 is 0 Å². The second kappa shape index (κ2) is 4.51. The summed E-state index contributed by atoms with van der Waals surface area (Å²) >= 11 is 0. The molecular formula is C11H14N2O3. The number of hydrogen-bond acceptors (Lipinski definition) is 5. The molecule has 16 heavy (non-hydrogen) atoms. The third-order valence-corrected chi connectivity index (χ3v) is 2.31. The molecule has 0 spiro atoms. The Hall–Kier alpha value is -1.59. The molecule has 0 saturated carbocycles. The third-order valence-electron chi connectivity index (χ3n) is 2.31. The molecule has 5 nitrogen and oxygen atoms in total. The van der Waals surface area contributed by atoms with Crippen molar-refractivity contribution in [3.05, 3.63) is 24.1 Å². The molecule has 0 aliphatic heterocycles. The van der Waals surface area contributed by atoms with Crippen LogP contribution in [0.3, 0.4) is 0 Å². The quantitative estimate of drug-likeness (QED) is 0.716. The molecule has 0 aliphatic carbocycles. The number of benzene rings is 1. The number of fused-ring (bicyclic) bond motifs is 1. The van der Waals surface area contributed by atoms with Crippen LogP contribution in [0.5, 0.6) is 0 Å². The van der Waals surface area contributed by atoms with Crippen molar-refractivity contribution < 1.29 is 14.6 Å². The van der Waals surface area contributed by atoms with Crippen LogP contribution in [0, 0.1) is 6.92 Å². The summed E-state index contributed by atoms with van der Waals surface area (Å²) in [5.41, 5.74) is 2.29. The number of aliphatic hydroxyl groups is 2. The highest BCUT2D eigenvalue weighted by atomic mass is 16.3. The Bertz CT molecular complexity index is 477. The largest absolute Gasteiger partial charge is 0.441 e. The maximum absolute atomic E-state index is 8.95. The van der Waals surface area contributed by atoms with Crippen LogP contribution in [0.2, 0.25) is 0 Å². The Balaban J connectivity index is 2.24. The number of anilines is 1. The van der Waals surface area contributed by atoms with Gasteiger partial charge in [0.15, 0.2) is 11.5 Å². The van der Waals surface area contributed by atoms with Crippen LogP contribution in [0.4, 0.5) is 5.69 Å². The predicted molar refractivity (Wildman–Crippen MR) is 60.3 cm³/mol. The molecule has 0 amide bonds. The van der Waals surface area contributed by atoms with Gasteiger partial charge < -0.3 is 19.9 Å². The van der Waals surface area contributed by atoms with E-state index in [0.717, 1.165) is 16.8 Å². The molecule has 0 saturated heterocycles. The van der Waals surface area contributed by atoms with Gasteiger partial charge in [0.25, 0.3) is 0 Å². The topological polar surface area (TPSA) is 78.5 Å². The van der Waals surface area contributed by atoms with E-state index in [1.807, 2.05) is 18.2 Å². The maximum Gasteiger partial charge on any atom is 0.192 e. The minimum absolute atomic E-state index is 0.119. The number of rotatable bonds is 4. The first-order valence-electron chi connectivity index (χ1n) is 5.08. The predicted octanol–water partition coefficient (Wildman–Crippen LogP) is 0.901. The van der Waals surface area contributed by atoms with Gasteiger partial charge in [0.05, 0.1) is 19.3 Å². The van der Waals surface area contributed by atoms with Crippen molar-refractivity contribution >= 4 is 16.8 Å². The lowest BCUT2D eigenvalue weighted by Gasteiger charge is -2.14. The third kappa shape index (κ3) is 2.15. The molecule has 2 aromatic rings. The van der Waals surface area contributed by atoms with Crippen LogP contribution in [-0.2, 0) is 0 Å². The van der Waals surface area contributed by atoms with Crippen LogP contribution in [0.25, 0.3) is 11.1 Å². The molecular weight excluding hydrogens is 208 g/mol. The summed E-state index contributed by atoms with van der Waals surface area (Å²) in [6.07, 6.45) is 0. The SMILES string of the molecule is Cc1nc2cc(NC(CO)CO)ccc2o1. The van der Waals surface area contributed by atoms with E-state index in [0.29, 0.717) is 5.89 Å². The summed E-state index contributed by atoms with van der Waals surface area (Å²) in [6, 6.07) is 5.10. The summed E-state index contributed by atoms with van der Waals surface area (Å²) in [7, 11) is 0. The Morgan fingerprint density at radius 2 is 2.12 bits per heavy atom. The van der Waals surface area contributed by atoms with Gasteiger partial charge in [0.2, 0.25) is 0 Å². The van der Waals surface area contributed by atoms with Crippen LogP contribution in [-0.4, -0.2) is 34.5 Å². The van der Waals surface area contributed by atoms with E-state index in [2.05, 4.69) is 10.3 Å². The Labute approximate surface area is 92.7 Å². The van der Waals surface area contributed by atoms with Crippen LogP contribution >= 0.6 is 0 Å². The van der Waals surface area contributed by atoms with E-state index in [9.17, 15) is 0 Å². The fourth-order valence-electron chi connectivity index (χ4n) is 1.52. The summed E-state index contributed by atoms with van der Waals surface area (Å²) in [4.78, 5) is 4.20. The fourth-order valence-corrected chi connectivity index (χ4v) is 1.52. The molecule has 1 heterocycles. The highest BCUT2D eigenvalue weighted by Gasteiger charge is 2.07. The zero-order valence-electron chi connectivity index (χ0n) is 8.97. The molecule has 0 aliphatic rings. The summed E-state index contributed by atoms with van der Waals surface area (Å²) < 4.78 is 5.34. The van der Waals surface area contributed by atoms with Gasteiger partial charge in [0, 0.05) is 12.6 Å². The Morgan fingerprint density at radius 3 is 2.81 bits per heavy atom. The minimum atomic E-state index is -0.356. The van der Waals surface area contributed by atoms with Crippen LogP contribution in [0.15, 0.2) is 22.6 Å². The molecule has 1 aromatic heterocycles. The first-order valence-corrected chi connectivity index (χ1v) is 5.08. The average Bonchev–Trinajstić information content (AvgIpc) is 2.65. The van der Waals surface area contributed by atoms with Crippen molar-refractivity contribution in [1.82, 2.24) is 4.98 Å². The van der Waals surface area contributed by atoms with E-state index in [-0.39, 0.29) is 19.3 Å². The fraction of sp³-hybridized carbons (Fsp3) is 0.364. The van der Waals surface area contributed by atoms with Gasteiger partial charge >= 0.3 is 0 Å². The molecule has 0 radical (unpaired) electrons. The standard InChI is InChI=1S/C11H14N2O3/c1-7-12-10-4-8(2-3-11(10)16-7)13-9(5-14)6-15/h2-4,9,13-15H,5-6H2,1H3. The molecule has 1 aromatic carbocycles. The highest BCUT2D eigenvalue weighted by Crippen LogP contribution is 2.20.